The van der Waals surface area contributed by atoms with E-state index in [1.807, 2.05) is 0 Å². The van der Waals surface area contributed by atoms with Crippen molar-refractivity contribution in [3.05, 3.63) is 35.9 Å². The van der Waals surface area contributed by atoms with Crippen LogP contribution in [0, 0.1) is 11.5 Å². The van der Waals surface area contributed by atoms with Gasteiger partial charge in [-0.25, -0.2) is 9.67 Å². The fourth-order valence-corrected chi connectivity index (χ4v) is 5.97. The zero-order chi connectivity index (χ0) is 39.5. The number of primary amides is 1. The van der Waals surface area contributed by atoms with Gasteiger partial charge in [0, 0.05) is 0 Å². The second-order valence-electron chi connectivity index (χ2n) is 14.0. The fraction of sp³-hybridized carbons (Fsp3) is 0.562. The summed E-state index contributed by atoms with van der Waals surface area (Å²) in [4.78, 5) is 53.5. The Bertz CT molecular complexity index is 1720. The Balaban J connectivity index is 1.29. The molecule has 0 aliphatic carbocycles. The smallest absolute Gasteiger partial charge is 0.426 e. The minimum atomic E-state index is -1.72. The number of amides is 4. The minimum Gasteiger partial charge on any atom is -0.426 e. The maximum absolute atomic E-state index is 13.5. The molecule has 1 aromatic heterocycles. The van der Waals surface area contributed by atoms with Crippen molar-refractivity contribution in [2.75, 3.05) is 18.5 Å². The van der Waals surface area contributed by atoms with Crippen LogP contribution in [0.2, 0.25) is 0 Å². The normalized spacial score (nSPS) is 18.8. The van der Waals surface area contributed by atoms with Crippen molar-refractivity contribution in [1.29, 1.82) is 5.26 Å². The van der Waals surface area contributed by atoms with Crippen molar-refractivity contribution >= 4 is 51.1 Å². The second kappa shape index (κ2) is 18.8. The molecule has 2 aromatic rings. The van der Waals surface area contributed by atoms with Crippen molar-refractivity contribution < 1.29 is 51.6 Å². The van der Waals surface area contributed by atoms with Gasteiger partial charge in [-0.1, -0.05) is 0 Å². The first-order valence-corrected chi connectivity index (χ1v) is 18.1. The summed E-state index contributed by atoms with van der Waals surface area (Å²) in [5.41, 5.74) is 4.83. The number of ether oxygens (including phenoxy) is 3. The molecule has 2 aliphatic rings. The molecule has 2 aliphatic heterocycles. The van der Waals surface area contributed by atoms with Gasteiger partial charge >= 0.3 is 221 Å². The van der Waals surface area contributed by atoms with E-state index >= 15 is 0 Å². The first-order valence-electron chi connectivity index (χ1n) is 17.0. The Hall–Kier alpha value is -5.03. The van der Waals surface area contributed by atoms with E-state index in [4.69, 9.17) is 38.8 Å². The van der Waals surface area contributed by atoms with Crippen LogP contribution in [0.1, 0.15) is 89.6 Å². The standard InChI is InChI=1S/C32H45BN9O11P/c1-31(2,3)51-29(45)39-22(8-7-13-36-28(33-47-17-34)40-30(46)52-32(4,5)6)27(44)38-20-9-11-23-19(14-20)15-48-54(53-23)49-16-21-10-12-24(50-21)42-18-37-26(41-42)25(35)43/h9,11,14,18,21-22,24,36H,7-8,10,12-13,15-16H2,1-6H3,(H2,35,43)(H,38,44)(H,39,45)(H,40,46). The van der Waals surface area contributed by atoms with Gasteiger partial charge in [-0.3, -0.25) is 13.8 Å². The molecule has 4 rings (SSSR count). The maximum atomic E-state index is 13.5. The van der Waals surface area contributed by atoms with E-state index in [2.05, 4.69) is 36.0 Å². The molecule has 0 radical (unpaired) electrons. The number of hydrogen-bond donors (Lipinski definition) is 5. The van der Waals surface area contributed by atoms with E-state index in [1.54, 1.807) is 59.7 Å². The average Bonchev–Trinajstić information content (AvgIpc) is 3.76. The summed E-state index contributed by atoms with van der Waals surface area (Å²) in [6, 6.07) is 4.02. The van der Waals surface area contributed by atoms with Gasteiger partial charge in [0.05, 0.1) is 12.7 Å². The average molecular weight is 774 g/mol. The fourth-order valence-electron chi connectivity index (χ4n) is 4.92. The van der Waals surface area contributed by atoms with Crippen molar-refractivity contribution in [2.24, 2.45) is 5.73 Å². The molecule has 54 heavy (non-hydrogen) atoms. The predicted octanol–water partition coefficient (Wildman–Crippen LogP) is 2.84. The van der Waals surface area contributed by atoms with E-state index in [0.29, 0.717) is 36.3 Å². The molecule has 0 saturated carbocycles. The Morgan fingerprint density at radius 1 is 1.13 bits per heavy atom. The summed E-state index contributed by atoms with van der Waals surface area (Å²) in [6.07, 6.45) is 2.49. The van der Waals surface area contributed by atoms with Crippen LogP contribution in [0.5, 0.6) is 5.75 Å². The third-order valence-electron chi connectivity index (χ3n) is 7.16. The number of carbonyl (C=O) groups is 4. The second-order valence-corrected chi connectivity index (χ2v) is 15.2. The molecular formula is C32H45BN9O11P. The first kappa shape index (κ1) is 41.7. The molecule has 4 amide bonds. The van der Waals surface area contributed by atoms with Gasteiger partial charge < -0.3 is 15.0 Å². The van der Waals surface area contributed by atoms with Gasteiger partial charge in [-0.05, 0) is 12.8 Å². The van der Waals surface area contributed by atoms with Crippen LogP contribution in [0.4, 0.5) is 15.3 Å². The van der Waals surface area contributed by atoms with Gasteiger partial charge in [0.1, 0.15) is 6.33 Å². The number of aromatic nitrogens is 3. The molecule has 0 spiro atoms. The van der Waals surface area contributed by atoms with Crippen molar-refractivity contribution in [3.8, 4) is 12.0 Å². The number of hydrogen-bond acceptors (Lipinski definition) is 15. The van der Waals surface area contributed by atoms with E-state index in [1.165, 1.54) is 17.3 Å². The first-order chi connectivity index (χ1) is 25.5. The SMILES string of the molecule is CC(C)(C)OC(=O)NC(=BOC#N)NCCCC(NC(=O)OC(C)(C)C)C(=O)Nc1ccc2c(c1)COP(OCC1CCC(n3cnc(C(N)=O)n3)O1)O2. The minimum absolute atomic E-state index is 0.0597. The number of fused-ring (bicyclic) bond motifs is 1. The monoisotopic (exact) mass is 773 g/mol. The zero-order valence-corrected chi connectivity index (χ0v) is 31.8. The molecule has 1 fully saturated rings. The Labute approximate surface area is 314 Å². The van der Waals surface area contributed by atoms with Crippen molar-refractivity contribution in [1.82, 2.24) is 30.7 Å². The third-order valence-corrected chi connectivity index (χ3v) is 8.20. The summed E-state index contributed by atoms with van der Waals surface area (Å²) in [5.74, 6) is -0.792. The van der Waals surface area contributed by atoms with Crippen molar-refractivity contribution in [2.45, 2.75) is 103 Å². The van der Waals surface area contributed by atoms with Crippen molar-refractivity contribution in [3.63, 3.8) is 0 Å². The van der Waals surface area contributed by atoms with Gasteiger partial charge in [-0.15, -0.1) is 5.10 Å². The van der Waals surface area contributed by atoms with Crippen LogP contribution in [-0.2, 0) is 39.3 Å². The Morgan fingerprint density at radius 2 is 1.87 bits per heavy atom. The number of nitrogens with zero attached hydrogens (tertiary/aromatic N) is 4. The molecule has 292 valence electrons. The van der Waals surface area contributed by atoms with Crippen LogP contribution in [0.15, 0.2) is 24.5 Å². The van der Waals surface area contributed by atoms with Gasteiger partial charge in [0.15, 0.2) is 6.23 Å². The van der Waals surface area contributed by atoms with Crippen LogP contribution in [-0.4, -0.2) is 88.1 Å². The third kappa shape index (κ3) is 13.8. The molecule has 6 N–H and O–H groups in total. The zero-order valence-electron chi connectivity index (χ0n) is 30.9. The molecule has 0 bridgehead atoms. The number of anilines is 1. The van der Waals surface area contributed by atoms with Crippen LogP contribution in [0.3, 0.4) is 0 Å². The molecule has 4 unspecified atom stereocenters. The molecule has 1 aromatic carbocycles. The van der Waals surface area contributed by atoms with E-state index in [-0.39, 0.29) is 43.8 Å². The van der Waals surface area contributed by atoms with Gasteiger partial charge in [-0.2, -0.15) is 0 Å². The number of benzene rings is 1. The van der Waals surface area contributed by atoms with Gasteiger partial charge in [0.2, 0.25) is 5.82 Å². The van der Waals surface area contributed by atoms with E-state index in [9.17, 15) is 19.2 Å². The van der Waals surface area contributed by atoms with E-state index in [0.717, 1.165) is 7.12 Å². The Morgan fingerprint density at radius 3 is 2.56 bits per heavy atom. The summed E-state index contributed by atoms with van der Waals surface area (Å²) < 4.78 is 40.3. The topological polar surface area (TPSA) is 262 Å². The molecular weight excluding hydrogens is 728 g/mol. The molecule has 4 atom stereocenters. The summed E-state index contributed by atoms with van der Waals surface area (Å²) in [6.45, 7) is 10.8. The Kier molecular flexibility index (Phi) is 14.6. The summed E-state index contributed by atoms with van der Waals surface area (Å²) in [7, 11) is -0.713. The van der Waals surface area contributed by atoms with E-state index < -0.39 is 56.1 Å². The number of nitriles is 1. The predicted molar refractivity (Wildman–Crippen MR) is 192 cm³/mol. The van der Waals surface area contributed by atoms with Crippen LogP contribution < -0.4 is 31.5 Å². The quantitative estimate of drug-likeness (QED) is 0.0754. The molecule has 3 heterocycles. The van der Waals surface area contributed by atoms with Crippen LogP contribution in [0.25, 0.3) is 0 Å². The number of alkyl carbamates (subject to hydrolysis) is 2. The molecule has 1 saturated heterocycles. The molecule has 20 nitrogen and oxygen atoms in total. The molecule has 22 heteroatoms. The number of nitrogens with one attached hydrogen (secondary N) is 4. The number of nitrogens with two attached hydrogens (primary N) is 1. The van der Waals surface area contributed by atoms with Gasteiger partial charge in [0.25, 0.3) is 5.91 Å². The number of carbonyl (C=O) groups excluding carboxylic acids is 4. The van der Waals surface area contributed by atoms with Crippen LogP contribution >= 0.6 is 8.60 Å². The number of rotatable bonds is 15. The summed E-state index contributed by atoms with van der Waals surface area (Å²) >= 11 is 0. The summed E-state index contributed by atoms with van der Waals surface area (Å²) in [5, 5.41) is 23.7.